The summed E-state index contributed by atoms with van der Waals surface area (Å²) < 4.78 is 0. The van der Waals surface area contributed by atoms with Gasteiger partial charge in [-0.1, -0.05) is 0 Å². The summed E-state index contributed by atoms with van der Waals surface area (Å²) in [5, 5.41) is 2.14. The number of carbonyl (C=O) groups is 2. The Balaban J connectivity index is 0. The van der Waals surface area contributed by atoms with Crippen molar-refractivity contribution >= 4 is 11.8 Å². The fourth-order valence-corrected chi connectivity index (χ4v) is 0.508. The van der Waals surface area contributed by atoms with Crippen molar-refractivity contribution in [3.8, 4) is 0 Å². The Kier molecular flexibility index (Phi) is 6.49. The van der Waals surface area contributed by atoms with Crippen molar-refractivity contribution in [2.45, 2.75) is 12.8 Å². The zero-order valence-electron chi connectivity index (χ0n) is 5.18. The van der Waals surface area contributed by atoms with Crippen LogP contribution < -0.4 is 34.9 Å². The molecule has 0 spiro atoms. The van der Waals surface area contributed by atoms with Crippen molar-refractivity contribution in [1.29, 1.82) is 0 Å². The van der Waals surface area contributed by atoms with Crippen molar-refractivity contribution in [2.24, 2.45) is 0 Å². The van der Waals surface area contributed by atoms with Crippen LogP contribution in [0.4, 0.5) is 0 Å². The molecule has 0 aromatic rings. The third-order valence-electron chi connectivity index (χ3n) is 0.858. The van der Waals surface area contributed by atoms with Crippen LogP contribution in [0.1, 0.15) is 12.8 Å². The summed E-state index contributed by atoms with van der Waals surface area (Å²) >= 11 is 0. The minimum absolute atomic E-state index is 0. The van der Waals surface area contributed by atoms with E-state index in [9.17, 15) is 9.59 Å². The average molecular weight is 139 g/mol. The van der Waals surface area contributed by atoms with Gasteiger partial charge in [-0.25, -0.2) is 0 Å². The van der Waals surface area contributed by atoms with E-state index in [1.807, 2.05) is 0 Å². The smallest absolute Gasteiger partial charge is 0.870 e. The Morgan fingerprint density at radius 3 is 1.56 bits per heavy atom. The number of rotatable bonds is 0. The topological polar surface area (TPSA) is 76.2 Å². The molecule has 1 saturated heterocycles. The average Bonchev–Trinajstić information content (AvgIpc) is 1.87. The van der Waals surface area contributed by atoms with Gasteiger partial charge in [0.2, 0.25) is 11.8 Å². The van der Waals surface area contributed by atoms with Gasteiger partial charge in [-0.05, 0) is 0 Å². The molecule has 1 rings (SSSR count). The summed E-state index contributed by atoms with van der Waals surface area (Å²) in [6.07, 6.45) is 0.748. The van der Waals surface area contributed by atoms with Gasteiger partial charge < -0.3 is 5.48 Å². The molecule has 2 N–H and O–H groups in total. The maximum atomic E-state index is 10.1. The van der Waals surface area contributed by atoms with Gasteiger partial charge in [-0.2, -0.15) is 0 Å². The molecule has 0 unspecified atom stereocenters. The molecular weight excluding hydrogens is 133 g/mol. The van der Waals surface area contributed by atoms with Crippen molar-refractivity contribution in [3.63, 3.8) is 0 Å². The summed E-state index contributed by atoms with van der Waals surface area (Å²) in [5.41, 5.74) is 0. The predicted octanol–water partition coefficient (Wildman–Crippen LogP) is -3.75. The van der Waals surface area contributed by atoms with Crippen LogP contribution in [0.5, 0.6) is 0 Å². The van der Waals surface area contributed by atoms with E-state index in [4.69, 9.17) is 0 Å². The Bertz CT molecular complexity index is 111. The number of imide groups is 1. The van der Waals surface area contributed by atoms with Crippen LogP contribution in [-0.2, 0) is 9.59 Å². The van der Waals surface area contributed by atoms with E-state index in [1.54, 1.807) is 0 Å². The van der Waals surface area contributed by atoms with Crippen LogP contribution >= 0.6 is 0 Å². The molecule has 0 aromatic carbocycles. The number of hydrogen-bond acceptors (Lipinski definition) is 3. The van der Waals surface area contributed by atoms with E-state index in [1.165, 1.54) is 0 Å². The van der Waals surface area contributed by atoms with Gasteiger partial charge in [-0.3, -0.25) is 14.9 Å². The molecule has 0 aromatic heterocycles. The van der Waals surface area contributed by atoms with Crippen molar-refractivity contribution in [3.05, 3.63) is 0 Å². The third kappa shape index (κ3) is 3.64. The number of carbonyl (C=O) groups excluding carboxylic acids is 2. The monoisotopic (exact) mass is 139 g/mol. The molecule has 46 valence electrons. The second kappa shape index (κ2) is 4.93. The number of hydrogen-bond donors (Lipinski definition) is 1. The normalized spacial score (nSPS) is 15.6. The van der Waals surface area contributed by atoms with Gasteiger partial charge >= 0.3 is 29.6 Å². The molecule has 4 nitrogen and oxygen atoms in total. The fraction of sp³-hybridized carbons (Fsp3) is 0.500. The number of nitrogens with one attached hydrogen (secondary N) is 1. The largest absolute Gasteiger partial charge is 1.00 e. The minimum Gasteiger partial charge on any atom is -0.870 e. The third-order valence-corrected chi connectivity index (χ3v) is 0.858. The predicted molar refractivity (Wildman–Crippen MR) is 24.3 cm³/mol. The van der Waals surface area contributed by atoms with Crippen molar-refractivity contribution in [2.75, 3.05) is 0 Å². The Morgan fingerprint density at radius 2 is 1.44 bits per heavy atom. The van der Waals surface area contributed by atoms with Gasteiger partial charge in [0.1, 0.15) is 0 Å². The van der Waals surface area contributed by atoms with Crippen molar-refractivity contribution < 1.29 is 44.6 Å². The van der Waals surface area contributed by atoms with E-state index in [-0.39, 0.29) is 46.8 Å². The summed E-state index contributed by atoms with van der Waals surface area (Å²) in [6.45, 7) is 0. The van der Waals surface area contributed by atoms with Crippen LogP contribution in [0.15, 0.2) is 0 Å². The van der Waals surface area contributed by atoms with Crippen LogP contribution in [0.25, 0.3) is 0 Å². The second-order valence-corrected chi connectivity index (χ2v) is 1.47. The summed E-state index contributed by atoms with van der Waals surface area (Å²) in [4.78, 5) is 20.2. The summed E-state index contributed by atoms with van der Waals surface area (Å²) in [5.74, 6) is -0.296. The molecule has 1 heterocycles. The summed E-state index contributed by atoms with van der Waals surface area (Å²) in [6, 6.07) is 0. The molecule has 2 amide bonds. The van der Waals surface area contributed by atoms with Gasteiger partial charge in [0.15, 0.2) is 0 Å². The zero-order chi connectivity index (χ0) is 5.28. The first-order chi connectivity index (χ1) is 3.29. The SMILES string of the molecule is O=C1CCC(=O)N1.[Na+].[OH-]. The molecule has 1 aliphatic heterocycles. The van der Waals surface area contributed by atoms with Crippen LogP contribution in [-0.4, -0.2) is 17.3 Å². The van der Waals surface area contributed by atoms with Gasteiger partial charge in [0, 0.05) is 12.8 Å². The van der Waals surface area contributed by atoms with E-state index < -0.39 is 0 Å². The van der Waals surface area contributed by atoms with Crippen LogP contribution in [0, 0.1) is 0 Å². The molecule has 9 heavy (non-hydrogen) atoms. The van der Waals surface area contributed by atoms with Crippen LogP contribution in [0.3, 0.4) is 0 Å². The van der Waals surface area contributed by atoms with E-state index in [2.05, 4.69) is 5.32 Å². The first-order valence-corrected chi connectivity index (χ1v) is 2.12. The van der Waals surface area contributed by atoms with Gasteiger partial charge in [-0.15, -0.1) is 0 Å². The molecule has 0 bridgehead atoms. The maximum Gasteiger partial charge on any atom is 1.00 e. The van der Waals surface area contributed by atoms with Crippen molar-refractivity contribution in [1.82, 2.24) is 5.32 Å². The molecule has 1 fully saturated rings. The molecule has 1 aliphatic rings. The standard InChI is InChI=1S/C4H5NO2.Na.H2O/c6-3-1-2-4(7)5-3;;/h1-2H2,(H,5,6,7);;1H2/q;+1;/p-1. The molecule has 0 radical (unpaired) electrons. The minimum atomic E-state index is -0.148. The first-order valence-electron chi connectivity index (χ1n) is 2.12. The quantitative estimate of drug-likeness (QED) is 0.276. The Morgan fingerprint density at radius 1 is 1.11 bits per heavy atom. The van der Waals surface area contributed by atoms with Gasteiger partial charge in [0.25, 0.3) is 0 Å². The molecule has 0 atom stereocenters. The summed E-state index contributed by atoms with van der Waals surface area (Å²) in [7, 11) is 0. The van der Waals surface area contributed by atoms with E-state index in [0.717, 1.165) is 0 Å². The Labute approximate surface area is 74.6 Å². The first kappa shape index (κ1) is 11.8. The zero-order valence-corrected chi connectivity index (χ0v) is 7.18. The van der Waals surface area contributed by atoms with E-state index >= 15 is 0 Å². The maximum absolute atomic E-state index is 10.1. The second-order valence-electron chi connectivity index (χ2n) is 1.47. The van der Waals surface area contributed by atoms with E-state index in [0.29, 0.717) is 12.8 Å². The fourth-order valence-electron chi connectivity index (χ4n) is 0.508. The molecule has 5 heteroatoms. The Hall–Kier alpha value is 0.1000. The van der Waals surface area contributed by atoms with Crippen LogP contribution in [0.2, 0.25) is 0 Å². The molecule has 0 aliphatic carbocycles. The van der Waals surface area contributed by atoms with Gasteiger partial charge in [0.05, 0.1) is 0 Å². The molecule has 0 saturated carbocycles. The number of amides is 2. The molecular formula is C4H6NNaO3.